The van der Waals surface area contributed by atoms with Gasteiger partial charge >= 0.3 is 11.9 Å². The van der Waals surface area contributed by atoms with Gasteiger partial charge in [0.15, 0.2) is 12.3 Å². The molecule has 0 fully saturated rings. The molecule has 5 rings (SSSR count). The highest BCUT2D eigenvalue weighted by Crippen LogP contribution is 2.47. The molecule has 0 spiro atoms. The first-order valence-corrected chi connectivity index (χ1v) is 14.7. The van der Waals surface area contributed by atoms with Crippen molar-refractivity contribution in [3.8, 4) is 0 Å². The zero-order valence-corrected chi connectivity index (χ0v) is 25.2. The average Bonchev–Trinajstić information content (AvgIpc) is 3.32. The van der Waals surface area contributed by atoms with Crippen LogP contribution in [0, 0.1) is 0 Å². The predicted octanol–water partition coefficient (Wildman–Crippen LogP) is 7.52. The second-order valence-corrected chi connectivity index (χ2v) is 12.1. The molecule has 0 radical (unpaired) electrons. The van der Waals surface area contributed by atoms with Gasteiger partial charge in [-0.05, 0) is 48.4 Å². The minimum absolute atomic E-state index is 0.0522. The smallest absolute Gasteiger partial charge is 0.309 e. The molecule has 3 aromatic rings. The van der Waals surface area contributed by atoms with Gasteiger partial charge in [-0.1, -0.05) is 86.7 Å². The van der Waals surface area contributed by atoms with Crippen LogP contribution in [-0.4, -0.2) is 45.5 Å². The molecule has 6 nitrogen and oxygen atoms in total. The highest BCUT2D eigenvalue weighted by Gasteiger charge is 2.45. The van der Waals surface area contributed by atoms with Crippen LogP contribution in [0.15, 0.2) is 109 Å². The number of benzene rings is 3. The maximum Gasteiger partial charge on any atom is 0.309 e. The lowest BCUT2D eigenvalue weighted by Crippen LogP contribution is -2.28. The van der Waals surface area contributed by atoms with Crippen molar-refractivity contribution in [3.63, 3.8) is 0 Å². The van der Waals surface area contributed by atoms with Crippen LogP contribution < -0.4 is 4.90 Å². The van der Waals surface area contributed by atoms with Gasteiger partial charge in [-0.3, -0.25) is 9.59 Å². The van der Waals surface area contributed by atoms with Gasteiger partial charge in [-0.15, -0.1) is 0 Å². The molecule has 2 N–H and O–H groups in total. The number of allylic oxidation sites excluding steroid dienone is 8. The lowest BCUT2D eigenvalue weighted by molar-refractivity contribution is -0.436. The van der Waals surface area contributed by atoms with Crippen LogP contribution in [0.5, 0.6) is 0 Å². The van der Waals surface area contributed by atoms with Gasteiger partial charge in [0, 0.05) is 41.1 Å². The fraction of sp³-hybridized carbons (Fsp3) is 0.270. The molecular formula is C37H39N2O4+. The second-order valence-electron chi connectivity index (χ2n) is 12.1. The molecule has 220 valence electrons. The molecule has 6 heteroatoms. The molecule has 0 unspecified atom stereocenters. The fourth-order valence-electron chi connectivity index (χ4n) is 6.56. The number of anilines is 1. The molecule has 2 aliphatic rings. The number of nitrogens with zero attached hydrogens (tertiary/aromatic N) is 2. The summed E-state index contributed by atoms with van der Waals surface area (Å²) in [4.78, 5) is 24.9. The van der Waals surface area contributed by atoms with Crippen molar-refractivity contribution in [1.29, 1.82) is 0 Å². The average molecular weight is 576 g/mol. The normalized spacial score (nSPS) is 18.0. The third-order valence-electron chi connectivity index (χ3n) is 8.60. The van der Waals surface area contributed by atoms with Crippen molar-refractivity contribution in [2.45, 2.75) is 51.4 Å². The van der Waals surface area contributed by atoms with Gasteiger partial charge in [-0.25, -0.2) is 0 Å². The summed E-state index contributed by atoms with van der Waals surface area (Å²) in [7, 11) is 0. The zero-order chi connectivity index (χ0) is 30.8. The summed E-state index contributed by atoms with van der Waals surface area (Å²) in [6.07, 6.45) is 14.2. The van der Waals surface area contributed by atoms with E-state index in [1.807, 2.05) is 48.6 Å². The third-order valence-corrected chi connectivity index (χ3v) is 8.60. The number of carboxylic acid groups (broad SMARTS) is 2. The molecular weight excluding hydrogens is 536 g/mol. The van der Waals surface area contributed by atoms with E-state index in [4.69, 9.17) is 0 Å². The maximum absolute atomic E-state index is 11.5. The third kappa shape index (κ3) is 5.70. The first-order valence-electron chi connectivity index (χ1n) is 14.7. The Morgan fingerprint density at radius 1 is 0.791 bits per heavy atom. The largest absolute Gasteiger partial charge is 0.481 e. The summed E-state index contributed by atoms with van der Waals surface area (Å²) in [5, 5.41) is 21.1. The minimum Gasteiger partial charge on any atom is -0.481 e. The molecule has 2 aliphatic heterocycles. The Bertz CT molecular complexity index is 1740. The number of carboxylic acids is 2. The highest BCUT2D eigenvalue weighted by atomic mass is 16.4. The van der Waals surface area contributed by atoms with E-state index in [2.05, 4.69) is 91.8 Å². The van der Waals surface area contributed by atoms with Crippen molar-refractivity contribution < 1.29 is 24.4 Å². The summed E-state index contributed by atoms with van der Waals surface area (Å²) in [5.74, 6) is -1.63. The molecule has 0 saturated carbocycles. The molecule has 3 aromatic carbocycles. The lowest BCUT2D eigenvalue weighted by Gasteiger charge is -2.26. The topological polar surface area (TPSA) is 80.9 Å². The molecule has 0 aliphatic carbocycles. The number of hydrogen-bond donors (Lipinski definition) is 2. The van der Waals surface area contributed by atoms with E-state index in [-0.39, 0.29) is 23.7 Å². The van der Waals surface area contributed by atoms with Crippen LogP contribution >= 0.6 is 0 Å². The van der Waals surface area contributed by atoms with Crippen LogP contribution in [0.1, 0.15) is 51.7 Å². The number of carbonyl (C=O) groups is 2. The Kier molecular flexibility index (Phi) is 8.23. The Labute approximate surface area is 253 Å². The van der Waals surface area contributed by atoms with Gasteiger partial charge in [0.1, 0.15) is 6.42 Å². The zero-order valence-electron chi connectivity index (χ0n) is 25.2. The van der Waals surface area contributed by atoms with Crippen molar-refractivity contribution in [2.24, 2.45) is 0 Å². The summed E-state index contributed by atoms with van der Waals surface area (Å²) >= 11 is 0. The molecule has 0 aromatic heterocycles. The molecule has 0 atom stereocenters. The number of hydrogen-bond acceptors (Lipinski definition) is 3. The first kappa shape index (κ1) is 29.8. The van der Waals surface area contributed by atoms with E-state index < -0.39 is 11.9 Å². The highest BCUT2D eigenvalue weighted by molar-refractivity contribution is 6.07. The summed E-state index contributed by atoms with van der Waals surface area (Å²) in [5.41, 5.74) is 6.12. The standard InChI is InChI=1S/C37H38N2O4/c1-36(2)28-16-12-13-17-29(28)38(24-22-33(40)41)31(36)18-8-6-5-7-9-19-32-37(3,4)35-27-15-11-10-14-26(27)20-21-30(35)39(32)25-23-34(42)43/h5-21H,22-25H2,1-4H3,(H-,40,41,42,43)/p+1. The summed E-state index contributed by atoms with van der Waals surface area (Å²) < 4.78 is 2.14. The van der Waals surface area contributed by atoms with Gasteiger partial charge in [0.2, 0.25) is 5.69 Å². The Morgan fingerprint density at radius 3 is 2.23 bits per heavy atom. The van der Waals surface area contributed by atoms with Gasteiger partial charge in [-0.2, -0.15) is 4.58 Å². The SMILES string of the molecule is CC1(C)C(/C=C/C=C/C=C/C=C2/N(CCC(=O)O)c3ccccc3C2(C)C)=[N+](CCC(=O)O)c2ccc3ccccc3c21. The van der Waals surface area contributed by atoms with Crippen molar-refractivity contribution in [1.82, 2.24) is 0 Å². The van der Waals surface area contributed by atoms with Crippen molar-refractivity contribution in [3.05, 3.63) is 120 Å². The van der Waals surface area contributed by atoms with Crippen molar-refractivity contribution >= 4 is 39.8 Å². The van der Waals surface area contributed by atoms with Crippen molar-refractivity contribution in [2.75, 3.05) is 18.0 Å². The van der Waals surface area contributed by atoms with Gasteiger partial charge < -0.3 is 15.1 Å². The Balaban J connectivity index is 1.39. The van der Waals surface area contributed by atoms with E-state index >= 15 is 0 Å². The monoisotopic (exact) mass is 575 g/mol. The summed E-state index contributed by atoms with van der Waals surface area (Å²) in [6, 6.07) is 20.7. The van der Waals surface area contributed by atoms with E-state index in [0.29, 0.717) is 13.1 Å². The quantitative estimate of drug-likeness (QED) is 0.193. The van der Waals surface area contributed by atoms with E-state index in [1.54, 1.807) is 0 Å². The Hall–Kier alpha value is -4.71. The van der Waals surface area contributed by atoms with Crippen LogP contribution in [0.25, 0.3) is 10.8 Å². The predicted molar refractivity (Wildman–Crippen MR) is 174 cm³/mol. The fourth-order valence-corrected chi connectivity index (χ4v) is 6.56. The van der Waals surface area contributed by atoms with Crippen LogP contribution in [0.4, 0.5) is 11.4 Å². The number of aliphatic carboxylic acids is 2. The van der Waals surface area contributed by atoms with E-state index in [9.17, 15) is 19.8 Å². The summed E-state index contributed by atoms with van der Waals surface area (Å²) in [6.45, 7) is 9.56. The number of para-hydroxylation sites is 1. The van der Waals surface area contributed by atoms with Gasteiger partial charge in [0.25, 0.3) is 0 Å². The van der Waals surface area contributed by atoms with E-state index in [0.717, 1.165) is 22.8 Å². The number of fused-ring (bicyclic) bond motifs is 4. The first-order chi connectivity index (χ1) is 20.5. The lowest BCUT2D eigenvalue weighted by atomic mass is 9.79. The molecule has 0 saturated heterocycles. The number of rotatable bonds is 10. The van der Waals surface area contributed by atoms with Crippen LogP contribution in [-0.2, 0) is 20.4 Å². The molecule has 0 bridgehead atoms. The molecule has 43 heavy (non-hydrogen) atoms. The van der Waals surface area contributed by atoms with Gasteiger partial charge in [0.05, 0.1) is 11.8 Å². The van der Waals surface area contributed by atoms with Crippen LogP contribution in [0.3, 0.4) is 0 Å². The molecule has 2 heterocycles. The molecule has 0 amide bonds. The minimum atomic E-state index is -0.815. The maximum atomic E-state index is 11.5. The van der Waals surface area contributed by atoms with E-state index in [1.165, 1.54) is 21.9 Å². The second kappa shape index (κ2) is 11.9. The Morgan fingerprint density at radius 2 is 1.47 bits per heavy atom. The van der Waals surface area contributed by atoms with Crippen LogP contribution in [0.2, 0.25) is 0 Å².